The summed E-state index contributed by atoms with van der Waals surface area (Å²) >= 11 is 0. The standard InChI is InChI=1S/C6H12N4O4/c1-7(2)5(8(3)4)6(9(11)12)10(13)14/h1-4H3. The fourth-order valence-corrected chi connectivity index (χ4v) is 1.03. The predicted molar refractivity (Wildman–Crippen MR) is 48.4 cm³/mol. The van der Waals surface area contributed by atoms with Crippen molar-refractivity contribution in [1.29, 1.82) is 0 Å². The van der Waals surface area contributed by atoms with E-state index in [2.05, 4.69) is 0 Å². The number of nitrogens with zero attached hydrogens (tertiary/aromatic N) is 4. The lowest BCUT2D eigenvalue weighted by molar-refractivity contribution is -0.619. The molecule has 0 aliphatic heterocycles. The average molecular weight is 204 g/mol. The van der Waals surface area contributed by atoms with Gasteiger partial charge in [-0.2, -0.15) is 0 Å². The van der Waals surface area contributed by atoms with Crippen LogP contribution in [0.5, 0.6) is 0 Å². The molecule has 0 spiro atoms. The molecular weight excluding hydrogens is 192 g/mol. The van der Waals surface area contributed by atoms with E-state index in [9.17, 15) is 20.2 Å². The van der Waals surface area contributed by atoms with Crippen molar-refractivity contribution < 1.29 is 9.85 Å². The van der Waals surface area contributed by atoms with Crippen molar-refractivity contribution >= 4 is 0 Å². The predicted octanol–water partition coefficient (Wildman–Crippen LogP) is -0.210. The zero-order valence-corrected chi connectivity index (χ0v) is 8.42. The Morgan fingerprint density at radius 3 is 1.29 bits per heavy atom. The van der Waals surface area contributed by atoms with Gasteiger partial charge in [-0.15, -0.1) is 0 Å². The van der Waals surface area contributed by atoms with Crippen molar-refractivity contribution in [2.45, 2.75) is 0 Å². The fraction of sp³-hybridized carbons (Fsp3) is 0.667. The molecule has 0 aromatic rings. The fourth-order valence-electron chi connectivity index (χ4n) is 1.03. The van der Waals surface area contributed by atoms with Crippen LogP contribution in [0.3, 0.4) is 0 Å². The maximum Gasteiger partial charge on any atom is 0.599 e. The Morgan fingerprint density at radius 1 is 0.929 bits per heavy atom. The topological polar surface area (TPSA) is 92.8 Å². The highest BCUT2D eigenvalue weighted by molar-refractivity contribution is 4.97. The van der Waals surface area contributed by atoms with Crippen LogP contribution in [0.1, 0.15) is 0 Å². The summed E-state index contributed by atoms with van der Waals surface area (Å²) in [6.07, 6.45) is 0. The molecule has 8 heteroatoms. The van der Waals surface area contributed by atoms with Gasteiger partial charge in [0.25, 0.3) is 5.82 Å². The first-order valence-electron chi connectivity index (χ1n) is 3.66. The molecular formula is C6H12N4O4. The van der Waals surface area contributed by atoms with Gasteiger partial charge in [0.1, 0.15) is 9.85 Å². The Labute approximate surface area is 80.7 Å². The van der Waals surface area contributed by atoms with Gasteiger partial charge in [-0.3, -0.25) is 20.2 Å². The van der Waals surface area contributed by atoms with Crippen molar-refractivity contribution in [1.82, 2.24) is 9.80 Å². The van der Waals surface area contributed by atoms with Crippen LogP contribution < -0.4 is 0 Å². The van der Waals surface area contributed by atoms with Crippen LogP contribution in [0.4, 0.5) is 0 Å². The molecule has 0 aromatic carbocycles. The van der Waals surface area contributed by atoms with Gasteiger partial charge >= 0.3 is 5.82 Å². The molecule has 0 unspecified atom stereocenters. The highest BCUT2D eigenvalue weighted by Crippen LogP contribution is 2.10. The van der Waals surface area contributed by atoms with E-state index in [4.69, 9.17) is 0 Å². The summed E-state index contributed by atoms with van der Waals surface area (Å²) in [5, 5.41) is 20.9. The largest absolute Gasteiger partial charge is 0.599 e. The normalized spacial score (nSPS) is 9.14. The van der Waals surface area contributed by atoms with E-state index >= 15 is 0 Å². The molecule has 80 valence electrons. The van der Waals surface area contributed by atoms with Gasteiger partial charge < -0.3 is 9.80 Å². The lowest BCUT2D eigenvalue weighted by atomic mass is 10.5. The van der Waals surface area contributed by atoms with Gasteiger partial charge in [-0.05, 0) is 0 Å². The molecule has 0 bridgehead atoms. The molecule has 0 rings (SSSR count). The monoisotopic (exact) mass is 204 g/mol. The van der Waals surface area contributed by atoms with Gasteiger partial charge in [0.05, 0.1) is 0 Å². The third kappa shape index (κ3) is 2.57. The van der Waals surface area contributed by atoms with Gasteiger partial charge in [0.15, 0.2) is 0 Å². The maximum absolute atomic E-state index is 10.4. The summed E-state index contributed by atoms with van der Waals surface area (Å²) in [6, 6.07) is 0. The Hall–Kier alpha value is -1.86. The van der Waals surface area contributed by atoms with Crippen LogP contribution in [0.2, 0.25) is 0 Å². The summed E-state index contributed by atoms with van der Waals surface area (Å²) in [5.74, 6) is -1.08. The molecule has 0 heterocycles. The second-order valence-electron chi connectivity index (χ2n) is 2.95. The highest BCUT2D eigenvalue weighted by atomic mass is 16.7. The smallest absolute Gasteiger partial charge is 0.353 e. The molecule has 14 heavy (non-hydrogen) atoms. The third-order valence-electron chi connectivity index (χ3n) is 1.39. The van der Waals surface area contributed by atoms with Crippen molar-refractivity contribution in [3.05, 3.63) is 31.9 Å². The van der Waals surface area contributed by atoms with E-state index in [1.807, 2.05) is 0 Å². The summed E-state index contributed by atoms with van der Waals surface area (Å²) in [5.41, 5.74) is 0. The van der Waals surface area contributed by atoms with Crippen molar-refractivity contribution in [2.75, 3.05) is 28.2 Å². The lowest BCUT2D eigenvalue weighted by Gasteiger charge is -2.20. The molecule has 8 nitrogen and oxygen atoms in total. The number of hydrogen-bond donors (Lipinski definition) is 0. The van der Waals surface area contributed by atoms with E-state index in [-0.39, 0.29) is 5.82 Å². The summed E-state index contributed by atoms with van der Waals surface area (Å²) in [4.78, 5) is 21.5. The Bertz CT molecular complexity index is 258. The Morgan fingerprint density at radius 2 is 1.21 bits per heavy atom. The highest BCUT2D eigenvalue weighted by Gasteiger charge is 2.35. The van der Waals surface area contributed by atoms with Crippen LogP contribution >= 0.6 is 0 Å². The van der Waals surface area contributed by atoms with E-state index in [0.717, 1.165) is 0 Å². The number of hydrogen-bond acceptors (Lipinski definition) is 6. The molecule has 0 amide bonds. The Kier molecular flexibility index (Phi) is 3.81. The molecule has 0 fully saturated rings. The Balaban J connectivity index is 5.51. The van der Waals surface area contributed by atoms with Gasteiger partial charge in [0, 0.05) is 28.2 Å². The second-order valence-corrected chi connectivity index (χ2v) is 2.95. The van der Waals surface area contributed by atoms with Gasteiger partial charge in [-0.25, -0.2) is 0 Å². The zero-order valence-electron chi connectivity index (χ0n) is 8.42. The molecule has 0 saturated heterocycles. The van der Waals surface area contributed by atoms with E-state index in [1.165, 1.54) is 38.0 Å². The maximum atomic E-state index is 10.4. The van der Waals surface area contributed by atoms with Crippen LogP contribution in [-0.4, -0.2) is 47.8 Å². The molecule has 0 aliphatic rings. The number of rotatable bonds is 4. The second kappa shape index (κ2) is 4.40. The number of nitro groups is 2. The van der Waals surface area contributed by atoms with Crippen molar-refractivity contribution in [3.8, 4) is 0 Å². The molecule has 0 atom stereocenters. The van der Waals surface area contributed by atoms with Crippen LogP contribution in [0.15, 0.2) is 11.6 Å². The quantitative estimate of drug-likeness (QED) is 0.464. The minimum Gasteiger partial charge on any atom is -0.353 e. The van der Waals surface area contributed by atoms with E-state index in [1.54, 1.807) is 0 Å². The first-order valence-corrected chi connectivity index (χ1v) is 3.66. The first-order chi connectivity index (χ1) is 6.29. The average Bonchev–Trinajstić information content (AvgIpc) is 1.96. The minimum absolute atomic E-state index is 0.0556. The SMILES string of the molecule is CN(C)C(=C([N+](=O)[O-])[N+](=O)[O-])N(C)C. The van der Waals surface area contributed by atoms with Crippen molar-refractivity contribution in [3.63, 3.8) is 0 Å². The summed E-state index contributed by atoms with van der Waals surface area (Å²) in [7, 11) is 6.01. The molecule has 0 aliphatic carbocycles. The third-order valence-corrected chi connectivity index (χ3v) is 1.39. The van der Waals surface area contributed by atoms with Crippen molar-refractivity contribution in [2.24, 2.45) is 0 Å². The first kappa shape index (κ1) is 12.1. The van der Waals surface area contributed by atoms with Crippen LogP contribution in [0, 0.1) is 20.2 Å². The van der Waals surface area contributed by atoms with Crippen LogP contribution in [-0.2, 0) is 0 Å². The van der Waals surface area contributed by atoms with Crippen LogP contribution in [0.25, 0.3) is 0 Å². The van der Waals surface area contributed by atoms with E-state index < -0.39 is 15.7 Å². The van der Waals surface area contributed by atoms with Gasteiger partial charge in [-0.1, -0.05) is 0 Å². The van der Waals surface area contributed by atoms with Gasteiger partial charge in [0.2, 0.25) is 0 Å². The molecule has 0 aromatic heterocycles. The van der Waals surface area contributed by atoms with E-state index in [0.29, 0.717) is 0 Å². The zero-order chi connectivity index (χ0) is 11.5. The summed E-state index contributed by atoms with van der Waals surface area (Å²) in [6.45, 7) is 0. The minimum atomic E-state index is -1.03. The lowest BCUT2D eigenvalue weighted by Crippen LogP contribution is -2.30. The molecule has 0 N–H and O–H groups in total. The molecule has 0 radical (unpaired) electrons. The molecule has 0 saturated carbocycles. The summed E-state index contributed by atoms with van der Waals surface area (Å²) < 4.78 is 0.